The Kier molecular flexibility index (Phi) is 5.55. The Bertz CT molecular complexity index is 529. The fourth-order valence-electron chi connectivity index (χ4n) is 3.04. The lowest BCUT2D eigenvalue weighted by Gasteiger charge is -2.26. The summed E-state index contributed by atoms with van der Waals surface area (Å²) in [6.45, 7) is 11.5. The van der Waals surface area contributed by atoms with Crippen molar-refractivity contribution in [2.75, 3.05) is 18.4 Å². The van der Waals surface area contributed by atoms with Gasteiger partial charge in [0.2, 0.25) is 0 Å². The first-order chi connectivity index (χ1) is 10.7. The van der Waals surface area contributed by atoms with Crippen molar-refractivity contribution < 1.29 is 9.53 Å². The molecular weight excluding hydrogens is 288 g/mol. The zero-order valence-electron chi connectivity index (χ0n) is 15.1. The number of ether oxygens (including phenoxy) is 1. The van der Waals surface area contributed by atoms with Crippen LogP contribution in [0, 0.1) is 13.8 Å². The standard InChI is InChI=1S/C19H30N2O2/c1-14-11-15(2)13-17(12-14)20-16-7-6-9-21(10-8-16)18(22)23-19(3,4)5/h11-13,16,20H,6-10H2,1-5H3. The van der Waals surface area contributed by atoms with Gasteiger partial charge in [0.25, 0.3) is 0 Å². The molecule has 0 radical (unpaired) electrons. The van der Waals surface area contributed by atoms with Crippen molar-refractivity contribution in [1.29, 1.82) is 0 Å². The summed E-state index contributed by atoms with van der Waals surface area (Å²) in [5.41, 5.74) is 3.30. The van der Waals surface area contributed by atoms with Crippen molar-refractivity contribution in [3.05, 3.63) is 29.3 Å². The lowest BCUT2D eigenvalue weighted by Crippen LogP contribution is -2.37. The number of hydrogen-bond donors (Lipinski definition) is 1. The summed E-state index contributed by atoms with van der Waals surface area (Å²) in [4.78, 5) is 14.0. The molecule has 2 rings (SSSR count). The molecule has 4 heteroatoms. The van der Waals surface area contributed by atoms with E-state index in [9.17, 15) is 4.79 Å². The zero-order valence-corrected chi connectivity index (χ0v) is 15.1. The maximum absolute atomic E-state index is 12.2. The lowest BCUT2D eigenvalue weighted by atomic mass is 10.1. The van der Waals surface area contributed by atoms with Crippen LogP contribution in [-0.4, -0.2) is 35.7 Å². The van der Waals surface area contributed by atoms with Crippen LogP contribution in [0.2, 0.25) is 0 Å². The van der Waals surface area contributed by atoms with E-state index in [4.69, 9.17) is 4.74 Å². The van der Waals surface area contributed by atoms with Crippen LogP contribution >= 0.6 is 0 Å². The molecule has 1 atom stereocenters. The van der Waals surface area contributed by atoms with Gasteiger partial charge in [-0.25, -0.2) is 4.79 Å². The van der Waals surface area contributed by atoms with Gasteiger partial charge >= 0.3 is 6.09 Å². The van der Waals surface area contributed by atoms with Gasteiger partial charge in [0.15, 0.2) is 0 Å². The summed E-state index contributed by atoms with van der Waals surface area (Å²) >= 11 is 0. The van der Waals surface area contributed by atoms with Crippen LogP contribution in [0.25, 0.3) is 0 Å². The minimum absolute atomic E-state index is 0.190. The van der Waals surface area contributed by atoms with Crippen LogP contribution in [0.5, 0.6) is 0 Å². The average molecular weight is 318 g/mol. The fraction of sp³-hybridized carbons (Fsp3) is 0.632. The zero-order chi connectivity index (χ0) is 17.0. The minimum Gasteiger partial charge on any atom is -0.444 e. The van der Waals surface area contributed by atoms with Crippen LogP contribution in [0.1, 0.15) is 51.2 Å². The number of rotatable bonds is 2. The normalized spacial score (nSPS) is 19.2. The molecule has 1 aromatic rings. The van der Waals surface area contributed by atoms with Gasteiger partial charge in [-0.05, 0) is 77.1 Å². The van der Waals surface area contributed by atoms with E-state index in [2.05, 4.69) is 37.4 Å². The highest BCUT2D eigenvalue weighted by Crippen LogP contribution is 2.20. The Morgan fingerprint density at radius 2 is 1.78 bits per heavy atom. The molecule has 23 heavy (non-hydrogen) atoms. The van der Waals surface area contributed by atoms with Gasteiger partial charge in [0.1, 0.15) is 5.60 Å². The fourth-order valence-corrected chi connectivity index (χ4v) is 3.04. The van der Waals surface area contributed by atoms with Crippen molar-refractivity contribution >= 4 is 11.8 Å². The highest BCUT2D eigenvalue weighted by Gasteiger charge is 2.25. The Balaban J connectivity index is 1.92. The van der Waals surface area contributed by atoms with Crippen LogP contribution < -0.4 is 5.32 Å². The molecular formula is C19H30N2O2. The second-order valence-electron chi connectivity index (χ2n) is 7.62. The van der Waals surface area contributed by atoms with Gasteiger partial charge in [-0.3, -0.25) is 0 Å². The van der Waals surface area contributed by atoms with Gasteiger partial charge in [0, 0.05) is 24.8 Å². The van der Waals surface area contributed by atoms with E-state index in [1.54, 1.807) is 0 Å². The quantitative estimate of drug-likeness (QED) is 0.872. The number of nitrogens with one attached hydrogen (secondary N) is 1. The minimum atomic E-state index is -0.430. The van der Waals surface area contributed by atoms with Crippen molar-refractivity contribution in [1.82, 2.24) is 4.90 Å². The van der Waals surface area contributed by atoms with Gasteiger partial charge in [-0.2, -0.15) is 0 Å². The molecule has 0 aromatic heterocycles. The van der Waals surface area contributed by atoms with Crippen LogP contribution in [-0.2, 0) is 4.74 Å². The predicted octanol–water partition coefficient (Wildman–Crippen LogP) is 4.50. The number of carbonyl (C=O) groups excluding carboxylic acids is 1. The third-order valence-electron chi connectivity index (χ3n) is 3.97. The van der Waals surface area contributed by atoms with E-state index in [0.29, 0.717) is 6.04 Å². The number of nitrogens with zero attached hydrogens (tertiary/aromatic N) is 1. The monoisotopic (exact) mass is 318 g/mol. The Hall–Kier alpha value is -1.71. The molecule has 1 unspecified atom stereocenters. The summed E-state index contributed by atoms with van der Waals surface area (Å²) in [6.07, 6.45) is 2.84. The maximum atomic E-state index is 12.2. The number of anilines is 1. The number of amides is 1. The molecule has 0 bridgehead atoms. The molecule has 0 saturated carbocycles. The van der Waals surface area contributed by atoms with Crippen LogP contribution in [0.3, 0.4) is 0 Å². The number of hydrogen-bond acceptors (Lipinski definition) is 3. The molecule has 1 fully saturated rings. The Morgan fingerprint density at radius 1 is 1.13 bits per heavy atom. The maximum Gasteiger partial charge on any atom is 0.410 e. The topological polar surface area (TPSA) is 41.6 Å². The lowest BCUT2D eigenvalue weighted by molar-refractivity contribution is 0.0256. The molecule has 1 aliphatic heterocycles. The van der Waals surface area contributed by atoms with Gasteiger partial charge < -0.3 is 15.0 Å². The second-order valence-corrected chi connectivity index (χ2v) is 7.62. The van der Waals surface area contributed by atoms with E-state index in [1.807, 2.05) is 25.7 Å². The number of likely N-dealkylation sites (tertiary alicyclic amines) is 1. The smallest absolute Gasteiger partial charge is 0.410 e. The van der Waals surface area contributed by atoms with Gasteiger partial charge in [-0.15, -0.1) is 0 Å². The molecule has 0 spiro atoms. The molecule has 128 valence electrons. The third kappa shape index (κ3) is 5.77. The first-order valence-electron chi connectivity index (χ1n) is 8.56. The van der Waals surface area contributed by atoms with E-state index < -0.39 is 5.60 Å². The molecule has 1 N–H and O–H groups in total. The Labute approximate surface area is 140 Å². The molecule has 1 amide bonds. The SMILES string of the molecule is Cc1cc(C)cc(NC2CCCN(C(=O)OC(C)(C)C)CC2)c1. The van der Waals surface area contributed by atoms with Crippen LogP contribution in [0.4, 0.5) is 10.5 Å². The molecule has 1 aliphatic rings. The molecule has 4 nitrogen and oxygen atoms in total. The highest BCUT2D eigenvalue weighted by atomic mass is 16.6. The number of aryl methyl sites for hydroxylation is 2. The number of benzene rings is 1. The van der Waals surface area contributed by atoms with E-state index >= 15 is 0 Å². The predicted molar refractivity (Wildman–Crippen MR) is 95.0 cm³/mol. The third-order valence-corrected chi connectivity index (χ3v) is 3.97. The molecule has 1 aromatic carbocycles. The summed E-state index contributed by atoms with van der Waals surface area (Å²) in [6, 6.07) is 6.96. The van der Waals surface area contributed by atoms with E-state index in [-0.39, 0.29) is 6.09 Å². The second kappa shape index (κ2) is 7.24. The molecule has 1 heterocycles. The first kappa shape index (κ1) is 17.6. The summed E-state index contributed by atoms with van der Waals surface area (Å²) < 4.78 is 5.48. The first-order valence-corrected chi connectivity index (χ1v) is 8.56. The van der Waals surface area contributed by atoms with Crippen molar-refractivity contribution in [2.24, 2.45) is 0 Å². The summed E-state index contributed by atoms with van der Waals surface area (Å²) in [5.74, 6) is 0. The van der Waals surface area contributed by atoms with E-state index in [1.165, 1.54) is 16.8 Å². The number of carbonyl (C=O) groups is 1. The Morgan fingerprint density at radius 3 is 2.39 bits per heavy atom. The van der Waals surface area contributed by atoms with Crippen molar-refractivity contribution in [3.8, 4) is 0 Å². The van der Waals surface area contributed by atoms with Crippen molar-refractivity contribution in [2.45, 2.75) is 65.5 Å². The van der Waals surface area contributed by atoms with Crippen molar-refractivity contribution in [3.63, 3.8) is 0 Å². The molecule has 0 aliphatic carbocycles. The average Bonchev–Trinajstić information content (AvgIpc) is 2.61. The van der Waals surface area contributed by atoms with Gasteiger partial charge in [0.05, 0.1) is 0 Å². The largest absolute Gasteiger partial charge is 0.444 e. The summed E-state index contributed by atoms with van der Waals surface area (Å²) in [7, 11) is 0. The van der Waals surface area contributed by atoms with E-state index in [0.717, 1.165) is 32.4 Å². The van der Waals surface area contributed by atoms with Gasteiger partial charge in [-0.1, -0.05) is 6.07 Å². The summed E-state index contributed by atoms with van der Waals surface area (Å²) in [5, 5.41) is 3.63. The highest BCUT2D eigenvalue weighted by molar-refractivity contribution is 5.68. The van der Waals surface area contributed by atoms with Crippen LogP contribution in [0.15, 0.2) is 18.2 Å². The molecule has 1 saturated heterocycles.